The number of halogens is 1. The van der Waals surface area contributed by atoms with Gasteiger partial charge in [-0.05, 0) is 49.4 Å². The molecule has 1 atom stereocenters. The monoisotopic (exact) mass is 338 g/mol. The molecule has 0 aromatic heterocycles. The summed E-state index contributed by atoms with van der Waals surface area (Å²) in [5.74, 6) is 0. The second-order valence-corrected chi connectivity index (χ2v) is 7.33. The van der Waals surface area contributed by atoms with Crippen molar-refractivity contribution in [2.75, 3.05) is 7.05 Å². The van der Waals surface area contributed by atoms with Gasteiger partial charge in [-0.15, -0.1) is 0 Å². The number of nitrogens with two attached hydrogens (primary N) is 1. The summed E-state index contributed by atoms with van der Waals surface area (Å²) in [4.78, 5) is 2.30. The zero-order valence-corrected chi connectivity index (χ0v) is 14.1. The SMILES string of the molecule is CC(c1ccc(S(N)(=O)=O)cc1)N(C)Cc1ccc(Cl)cc1. The number of hydrogen-bond acceptors (Lipinski definition) is 3. The Morgan fingerprint density at radius 1 is 1.09 bits per heavy atom. The van der Waals surface area contributed by atoms with Gasteiger partial charge in [0.2, 0.25) is 10.0 Å². The van der Waals surface area contributed by atoms with Crippen LogP contribution in [0.4, 0.5) is 0 Å². The largest absolute Gasteiger partial charge is 0.295 e. The van der Waals surface area contributed by atoms with Gasteiger partial charge in [0, 0.05) is 17.6 Å². The molecule has 0 amide bonds. The third kappa shape index (κ3) is 4.30. The Hall–Kier alpha value is -1.40. The first-order chi connectivity index (χ1) is 10.3. The first-order valence-corrected chi connectivity index (χ1v) is 8.77. The van der Waals surface area contributed by atoms with Gasteiger partial charge in [-0.25, -0.2) is 13.6 Å². The second kappa shape index (κ2) is 6.79. The maximum Gasteiger partial charge on any atom is 0.238 e. The lowest BCUT2D eigenvalue weighted by atomic mass is 10.1. The molecule has 118 valence electrons. The van der Waals surface area contributed by atoms with Crippen molar-refractivity contribution < 1.29 is 8.42 Å². The summed E-state index contributed by atoms with van der Waals surface area (Å²) < 4.78 is 22.5. The fourth-order valence-corrected chi connectivity index (χ4v) is 2.85. The number of sulfonamides is 1. The van der Waals surface area contributed by atoms with Crippen molar-refractivity contribution in [2.45, 2.75) is 24.4 Å². The maximum atomic E-state index is 11.3. The molecule has 0 heterocycles. The summed E-state index contributed by atoms with van der Waals surface area (Å²) in [6, 6.07) is 14.5. The van der Waals surface area contributed by atoms with Gasteiger partial charge in [0.1, 0.15) is 0 Å². The van der Waals surface area contributed by atoms with Gasteiger partial charge in [0.15, 0.2) is 0 Å². The van der Waals surface area contributed by atoms with E-state index in [2.05, 4.69) is 11.8 Å². The maximum absolute atomic E-state index is 11.3. The lowest BCUT2D eigenvalue weighted by Crippen LogP contribution is -2.22. The Labute approximate surface area is 136 Å². The average molecular weight is 339 g/mol. The Bertz CT molecular complexity index is 728. The predicted octanol–water partition coefficient (Wildman–Crippen LogP) is 3.18. The number of rotatable bonds is 5. The van der Waals surface area contributed by atoms with Crippen molar-refractivity contribution in [3.05, 3.63) is 64.7 Å². The molecule has 0 fully saturated rings. The first kappa shape index (κ1) is 17.0. The molecule has 0 spiro atoms. The van der Waals surface area contributed by atoms with Crippen LogP contribution in [-0.4, -0.2) is 20.4 Å². The molecule has 2 N–H and O–H groups in total. The van der Waals surface area contributed by atoms with E-state index in [0.717, 1.165) is 17.1 Å². The minimum Gasteiger partial charge on any atom is -0.295 e. The van der Waals surface area contributed by atoms with Crippen LogP contribution in [0.25, 0.3) is 0 Å². The number of nitrogens with zero attached hydrogens (tertiary/aromatic N) is 1. The summed E-state index contributed by atoms with van der Waals surface area (Å²) in [5.41, 5.74) is 2.20. The van der Waals surface area contributed by atoms with Gasteiger partial charge in [-0.3, -0.25) is 4.90 Å². The van der Waals surface area contributed by atoms with Crippen molar-refractivity contribution in [1.29, 1.82) is 0 Å². The smallest absolute Gasteiger partial charge is 0.238 e. The van der Waals surface area contributed by atoms with Gasteiger partial charge in [-0.2, -0.15) is 0 Å². The first-order valence-electron chi connectivity index (χ1n) is 6.85. The van der Waals surface area contributed by atoms with Crippen molar-refractivity contribution in [2.24, 2.45) is 5.14 Å². The molecular weight excluding hydrogens is 320 g/mol. The highest BCUT2D eigenvalue weighted by Gasteiger charge is 2.14. The lowest BCUT2D eigenvalue weighted by Gasteiger charge is -2.25. The van der Waals surface area contributed by atoms with Crippen LogP contribution in [0.15, 0.2) is 53.4 Å². The molecular formula is C16H19ClN2O2S. The van der Waals surface area contributed by atoms with Crippen LogP contribution in [0.2, 0.25) is 5.02 Å². The van der Waals surface area contributed by atoms with Gasteiger partial charge in [0.25, 0.3) is 0 Å². The van der Waals surface area contributed by atoms with Crippen LogP contribution in [0.3, 0.4) is 0 Å². The highest BCUT2D eigenvalue weighted by molar-refractivity contribution is 7.89. The molecule has 0 aliphatic carbocycles. The van der Waals surface area contributed by atoms with E-state index in [1.165, 1.54) is 17.7 Å². The number of benzene rings is 2. The molecule has 22 heavy (non-hydrogen) atoms. The Morgan fingerprint density at radius 3 is 2.14 bits per heavy atom. The Balaban J connectivity index is 2.10. The quantitative estimate of drug-likeness (QED) is 0.910. The van der Waals surface area contributed by atoms with E-state index in [1.54, 1.807) is 12.1 Å². The average Bonchev–Trinajstić information content (AvgIpc) is 2.48. The molecule has 0 aliphatic rings. The summed E-state index contributed by atoms with van der Waals surface area (Å²) >= 11 is 5.89. The summed E-state index contributed by atoms with van der Waals surface area (Å²) in [6.07, 6.45) is 0. The van der Waals surface area contributed by atoms with Crippen LogP contribution in [0.1, 0.15) is 24.1 Å². The fourth-order valence-electron chi connectivity index (χ4n) is 2.21. The topological polar surface area (TPSA) is 63.4 Å². The van der Waals surface area contributed by atoms with E-state index in [-0.39, 0.29) is 10.9 Å². The van der Waals surface area contributed by atoms with Crippen molar-refractivity contribution in [1.82, 2.24) is 4.90 Å². The molecule has 0 bridgehead atoms. The molecule has 2 aromatic carbocycles. The van der Waals surface area contributed by atoms with E-state index >= 15 is 0 Å². The molecule has 0 saturated heterocycles. The van der Waals surface area contributed by atoms with Gasteiger partial charge >= 0.3 is 0 Å². The molecule has 0 saturated carbocycles. The zero-order chi connectivity index (χ0) is 16.3. The Kier molecular flexibility index (Phi) is 5.24. The standard InChI is InChI=1S/C16H19ClN2O2S/c1-12(14-5-9-16(10-6-14)22(18,20)21)19(2)11-13-3-7-15(17)8-4-13/h3-10,12H,11H2,1-2H3,(H2,18,20,21). The lowest BCUT2D eigenvalue weighted by molar-refractivity contribution is 0.253. The van der Waals surface area contributed by atoms with E-state index in [4.69, 9.17) is 16.7 Å². The summed E-state index contributed by atoms with van der Waals surface area (Å²) in [5, 5.41) is 5.83. The van der Waals surface area contributed by atoms with E-state index in [1.807, 2.05) is 31.3 Å². The molecule has 2 aromatic rings. The highest BCUT2D eigenvalue weighted by Crippen LogP contribution is 2.22. The normalized spacial score (nSPS) is 13.3. The highest BCUT2D eigenvalue weighted by atomic mass is 35.5. The summed E-state index contributed by atoms with van der Waals surface area (Å²) in [7, 11) is -1.62. The summed E-state index contributed by atoms with van der Waals surface area (Å²) in [6.45, 7) is 2.84. The molecule has 6 heteroatoms. The number of hydrogen-bond donors (Lipinski definition) is 1. The number of primary sulfonamides is 1. The van der Waals surface area contributed by atoms with Crippen LogP contribution < -0.4 is 5.14 Å². The van der Waals surface area contributed by atoms with Gasteiger partial charge < -0.3 is 0 Å². The van der Waals surface area contributed by atoms with Gasteiger partial charge in [-0.1, -0.05) is 35.9 Å². The van der Waals surface area contributed by atoms with E-state index in [0.29, 0.717) is 0 Å². The molecule has 2 rings (SSSR count). The van der Waals surface area contributed by atoms with Crippen LogP contribution >= 0.6 is 11.6 Å². The zero-order valence-electron chi connectivity index (χ0n) is 12.5. The fraction of sp³-hybridized carbons (Fsp3) is 0.250. The van der Waals surface area contributed by atoms with Crippen molar-refractivity contribution in [3.63, 3.8) is 0 Å². The minimum atomic E-state index is -3.64. The van der Waals surface area contributed by atoms with Gasteiger partial charge in [0.05, 0.1) is 4.90 Å². The second-order valence-electron chi connectivity index (χ2n) is 5.33. The van der Waals surface area contributed by atoms with E-state index in [9.17, 15) is 8.42 Å². The predicted molar refractivity (Wildman–Crippen MR) is 89.1 cm³/mol. The third-order valence-corrected chi connectivity index (χ3v) is 4.88. The van der Waals surface area contributed by atoms with Crippen LogP contribution in [0.5, 0.6) is 0 Å². The minimum absolute atomic E-state index is 0.129. The van der Waals surface area contributed by atoms with Crippen molar-refractivity contribution >= 4 is 21.6 Å². The van der Waals surface area contributed by atoms with Crippen molar-refractivity contribution in [3.8, 4) is 0 Å². The van der Waals surface area contributed by atoms with E-state index < -0.39 is 10.0 Å². The molecule has 0 radical (unpaired) electrons. The molecule has 0 aliphatic heterocycles. The third-order valence-electron chi connectivity index (χ3n) is 3.70. The Morgan fingerprint density at radius 2 is 1.64 bits per heavy atom. The molecule has 1 unspecified atom stereocenters. The van der Waals surface area contributed by atoms with Crippen LogP contribution in [0, 0.1) is 0 Å². The van der Waals surface area contributed by atoms with Crippen LogP contribution in [-0.2, 0) is 16.6 Å². The molecule has 4 nitrogen and oxygen atoms in total.